The summed E-state index contributed by atoms with van der Waals surface area (Å²) < 4.78 is 0. The number of rotatable bonds is 4. The zero-order valence-electron chi connectivity index (χ0n) is 10.0. The summed E-state index contributed by atoms with van der Waals surface area (Å²) in [6.45, 7) is 6.22. The van der Waals surface area contributed by atoms with Crippen LogP contribution in [0.1, 0.15) is 31.1 Å². The molecule has 0 spiro atoms. The van der Waals surface area contributed by atoms with Crippen LogP contribution in [0.2, 0.25) is 5.02 Å². The first-order valence-electron chi connectivity index (χ1n) is 5.32. The fraction of sp³-hybridized carbons (Fsp3) is 0.417. The molecule has 0 aliphatic carbocycles. The molecule has 3 N–H and O–H groups in total. The van der Waals surface area contributed by atoms with Gasteiger partial charge in [0.15, 0.2) is 0 Å². The minimum Gasteiger partial charge on any atom is -0.478 e. The van der Waals surface area contributed by atoms with E-state index in [0.29, 0.717) is 21.5 Å². The van der Waals surface area contributed by atoms with Crippen molar-refractivity contribution in [3.63, 3.8) is 0 Å². The number of aromatic carboxylic acids is 1. The molecule has 17 heavy (non-hydrogen) atoms. The Morgan fingerprint density at radius 1 is 1.41 bits per heavy atom. The molecule has 5 heteroatoms. The predicted molar refractivity (Wildman–Crippen MR) is 73.0 cm³/mol. The second kappa shape index (κ2) is 5.65. The number of anilines is 1. The number of nitrogens with two attached hydrogens (primary N) is 1. The minimum absolute atomic E-state index is 0.174. The van der Waals surface area contributed by atoms with E-state index in [1.165, 1.54) is 17.8 Å². The Labute approximate surface area is 110 Å². The molecule has 1 atom stereocenters. The van der Waals surface area contributed by atoms with E-state index < -0.39 is 5.97 Å². The number of carboxylic acid groups (broad SMARTS) is 1. The molecule has 0 saturated heterocycles. The average Bonchev–Trinajstić information content (AvgIpc) is 2.20. The summed E-state index contributed by atoms with van der Waals surface area (Å²) in [4.78, 5) is 11.7. The molecular weight excluding hydrogens is 258 g/mol. The zero-order chi connectivity index (χ0) is 13.2. The van der Waals surface area contributed by atoms with E-state index in [-0.39, 0.29) is 10.8 Å². The second-order valence-electron chi connectivity index (χ2n) is 4.25. The third kappa shape index (κ3) is 3.54. The number of benzene rings is 1. The van der Waals surface area contributed by atoms with Gasteiger partial charge in [-0.15, -0.1) is 11.8 Å². The molecule has 1 unspecified atom stereocenters. The van der Waals surface area contributed by atoms with Crippen molar-refractivity contribution in [3.8, 4) is 0 Å². The molecule has 3 nitrogen and oxygen atoms in total. The van der Waals surface area contributed by atoms with Crippen LogP contribution in [0, 0.1) is 5.92 Å². The van der Waals surface area contributed by atoms with Crippen LogP contribution < -0.4 is 5.73 Å². The molecule has 1 aromatic rings. The summed E-state index contributed by atoms with van der Waals surface area (Å²) in [7, 11) is 0. The smallest absolute Gasteiger partial charge is 0.336 e. The van der Waals surface area contributed by atoms with Gasteiger partial charge < -0.3 is 10.8 Å². The average molecular weight is 274 g/mol. The standard InChI is InChI=1S/C12H16ClNO2S/c1-6(2)7(3)17-11-9(12(15)16)4-8(14)5-10(11)13/h4-7H,14H2,1-3H3,(H,15,16). The van der Waals surface area contributed by atoms with Crippen LogP contribution >= 0.6 is 23.4 Å². The van der Waals surface area contributed by atoms with E-state index in [4.69, 9.17) is 22.4 Å². The van der Waals surface area contributed by atoms with Crippen molar-refractivity contribution in [1.29, 1.82) is 0 Å². The first-order valence-corrected chi connectivity index (χ1v) is 6.57. The quantitative estimate of drug-likeness (QED) is 0.648. The van der Waals surface area contributed by atoms with E-state index in [0.717, 1.165) is 0 Å². The summed E-state index contributed by atoms with van der Waals surface area (Å²) in [5.74, 6) is -0.562. The molecule has 0 heterocycles. The SMILES string of the molecule is CC(C)C(C)Sc1c(Cl)cc(N)cc1C(=O)O. The van der Waals surface area contributed by atoms with Gasteiger partial charge in [-0.05, 0) is 18.1 Å². The largest absolute Gasteiger partial charge is 0.478 e. The molecular formula is C12H16ClNO2S. The van der Waals surface area contributed by atoms with E-state index in [2.05, 4.69) is 13.8 Å². The Hall–Kier alpha value is -0.870. The van der Waals surface area contributed by atoms with E-state index in [9.17, 15) is 4.79 Å². The molecule has 0 aliphatic rings. The third-order valence-electron chi connectivity index (χ3n) is 2.54. The zero-order valence-corrected chi connectivity index (χ0v) is 11.6. The predicted octanol–water partition coefficient (Wildman–Crippen LogP) is 3.76. The second-order valence-corrected chi connectivity index (χ2v) is 6.05. The van der Waals surface area contributed by atoms with Crippen LogP contribution in [-0.4, -0.2) is 16.3 Å². The van der Waals surface area contributed by atoms with Crippen LogP contribution in [0.4, 0.5) is 5.69 Å². The normalized spacial score (nSPS) is 12.8. The summed E-state index contributed by atoms with van der Waals surface area (Å²) >= 11 is 7.54. The Morgan fingerprint density at radius 2 is 2.00 bits per heavy atom. The van der Waals surface area contributed by atoms with Crippen LogP contribution in [0.15, 0.2) is 17.0 Å². The number of nitrogen functional groups attached to an aromatic ring is 1. The number of hydrogen-bond donors (Lipinski definition) is 2. The van der Waals surface area contributed by atoms with E-state index >= 15 is 0 Å². The lowest BCUT2D eigenvalue weighted by Gasteiger charge is -2.17. The Bertz CT molecular complexity index is 435. The Balaban J connectivity index is 3.17. The molecule has 0 amide bonds. The third-order valence-corrected chi connectivity index (χ3v) is 4.54. The van der Waals surface area contributed by atoms with Crippen LogP contribution in [0.5, 0.6) is 0 Å². The summed E-state index contributed by atoms with van der Waals surface area (Å²) in [6.07, 6.45) is 0. The number of hydrogen-bond acceptors (Lipinski definition) is 3. The lowest BCUT2D eigenvalue weighted by atomic mass is 10.1. The topological polar surface area (TPSA) is 63.3 Å². The maximum absolute atomic E-state index is 11.2. The van der Waals surface area contributed by atoms with E-state index in [1.54, 1.807) is 6.07 Å². The molecule has 94 valence electrons. The first-order chi connectivity index (χ1) is 7.82. The minimum atomic E-state index is -1.00. The summed E-state index contributed by atoms with van der Waals surface area (Å²) in [5, 5.41) is 9.83. The highest BCUT2D eigenvalue weighted by Gasteiger charge is 2.19. The molecule has 0 saturated carbocycles. The molecule has 1 rings (SSSR count). The van der Waals surface area contributed by atoms with Crippen LogP contribution in [-0.2, 0) is 0 Å². The highest BCUT2D eigenvalue weighted by Crippen LogP contribution is 2.37. The van der Waals surface area contributed by atoms with Crippen molar-refractivity contribution in [1.82, 2.24) is 0 Å². The summed E-state index contributed by atoms with van der Waals surface area (Å²) in [5.41, 5.74) is 6.14. The molecule has 0 bridgehead atoms. The van der Waals surface area contributed by atoms with Crippen molar-refractivity contribution in [2.75, 3.05) is 5.73 Å². The lowest BCUT2D eigenvalue weighted by molar-refractivity contribution is 0.0693. The first kappa shape index (κ1) is 14.2. The maximum atomic E-state index is 11.2. The molecule has 1 aromatic carbocycles. The van der Waals surface area contributed by atoms with Gasteiger partial charge in [0.25, 0.3) is 0 Å². The van der Waals surface area contributed by atoms with Gasteiger partial charge >= 0.3 is 5.97 Å². The summed E-state index contributed by atoms with van der Waals surface area (Å²) in [6, 6.07) is 3.03. The number of carboxylic acids is 1. The Kier molecular flexibility index (Phi) is 4.71. The molecule has 0 aliphatic heterocycles. The molecule has 0 aromatic heterocycles. The van der Waals surface area contributed by atoms with Crippen molar-refractivity contribution >= 4 is 35.0 Å². The fourth-order valence-corrected chi connectivity index (χ4v) is 2.67. The van der Waals surface area contributed by atoms with Crippen molar-refractivity contribution in [2.45, 2.75) is 30.9 Å². The number of halogens is 1. The van der Waals surface area contributed by atoms with Gasteiger partial charge in [-0.1, -0.05) is 32.4 Å². The highest BCUT2D eigenvalue weighted by atomic mass is 35.5. The number of carbonyl (C=O) groups is 1. The van der Waals surface area contributed by atoms with Gasteiger partial charge in [0, 0.05) is 15.8 Å². The van der Waals surface area contributed by atoms with Gasteiger partial charge in [0.1, 0.15) is 0 Å². The molecule has 0 fully saturated rings. The lowest BCUT2D eigenvalue weighted by Crippen LogP contribution is -2.08. The number of thioether (sulfide) groups is 1. The van der Waals surface area contributed by atoms with Gasteiger partial charge in [0.05, 0.1) is 10.6 Å². The van der Waals surface area contributed by atoms with Gasteiger partial charge in [-0.25, -0.2) is 4.79 Å². The van der Waals surface area contributed by atoms with E-state index in [1.807, 2.05) is 6.92 Å². The van der Waals surface area contributed by atoms with Crippen molar-refractivity contribution < 1.29 is 9.90 Å². The van der Waals surface area contributed by atoms with Crippen molar-refractivity contribution in [2.24, 2.45) is 5.92 Å². The van der Waals surface area contributed by atoms with Crippen LogP contribution in [0.25, 0.3) is 0 Å². The fourth-order valence-electron chi connectivity index (χ4n) is 1.22. The van der Waals surface area contributed by atoms with Crippen LogP contribution in [0.3, 0.4) is 0 Å². The Morgan fingerprint density at radius 3 is 2.47 bits per heavy atom. The monoisotopic (exact) mass is 273 g/mol. The van der Waals surface area contributed by atoms with Gasteiger partial charge in [-0.2, -0.15) is 0 Å². The maximum Gasteiger partial charge on any atom is 0.336 e. The highest BCUT2D eigenvalue weighted by molar-refractivity contribution is 8.00. The van der Waals surface area contributed by atoms with Gasteiger partial charge in [0.2, 0.25) is 0 Å². The molecule has 0 radical (unpaired) electrons. The van der Waals surface area contributed by atoms with Gasteiger partial charge in [-0.3, -0.25) is 0 Å². The van der Waals surface area contributed by atoms with Crippen molar-refractivity contribution in [3.05, 3.63) is 22.7 Å².